The molecule has 0 bridgehead atoms. The van der Waals surface area contributed by atoms with Crippen LogP contribution in [-0.4, -0.2) is 22.2 Å². The van der Waals surface area contributed by atoms with Crippen molar-refractivity contribution in [3.8, 4) is 0 Å². The van der Waals surface area contributed by atoms with Gasteiger partial charge in [0.25, 0.3) is 0 Å². The van der Waals surface area contributed by atoms with Crippen molar-refractivity contribution in [3.05, 3.63) is 40.4 Å². The van der Waals surface area contributed by atoms with Gasteiger partial charge in [0, 0.05) is 11.1 Å². The first kappa shape index (κ1) is 11.3. The molecule has 0 atom stereocenters. The number of hydrogen-bond donors (Lipinski definition) is 2. The molecule has 0 spiro atoms. The zero-order valence-corrected chi connectivity index (χ0v) is 8.23. The number of aliphatic carboxylic acids is 1. The van der Waals surface area contributed by atoms with Crippen LogP contribution in [0.15, 0.2) is 24.3 Å². The van der Waals surface area contributed by atoms with Crippen LogP contribution >= 0.6 is 11.6 Å². The maximum atomic E-state index is 10.8. The minimum Gasteiger partial charge on any atom is -0.478 e. The average Bonchev–Trinajstić information content (AvgIpc) is 2.15. The lowest BCUT2D eigenvalue weighted by molar-refractivity contribution is -0.131. The molecule has 0 fully saturated rings. The van der Waals surface area contributed by atoms with E-state index in [1.807, 2.05) is 0 Å². The predicted molar refractivity (Wildman–Crippen MR) is 55.1 cm³/mol. The van der Waals surface area contributed by atoms with E-state index in [0.717, 1.165) is 6.08 Å². The second-order valence-corrected chi connectivity index (χ2v) is 3.14. The van der Waals surface area contributed by atoms with Gasteiger partial charge in [-0.2, -0.15) is 0 Å². The number of halogens is 1. The molecule has 1 aromatic carbocycles. The Morgan fingerprint density at radius 1 is 1.27 bits per heavy atom. The van der Waals surface area contributed by atoms with Gasteiger partial charge in [0.1, 0.15) is 0 Å². The summed E-state index contributed by atoms with van der Waals surface area (Å²) >= 11 is 5.62. The highest BCUT2D eigenvalue weighted by Crippen LogP contribution is 2.17. The summed E-state index contributed by atoms with van der Waals surface area (Å²) in [5.41, 5.74) is 0.273. The molecular formula is C10H7ClO4. The molecule has 15 heavy (non-hydrogen) atoms. The third-order valence-corrected chi connectivity index (χ3v) is 1.89. The molecule has 0 aromatic heterocycles. The third kappa shape index (κ3) is 3.11. The zero-order chi connectivity index (χ0) is 11.4. The predicted octanol–water partition coefficient (Wildman–Crippen LogP) is 2.14. The normalized spacial score (nSPS) is 10.5. The van der Waals surface area contributed by atoms with Crippen LogP contribution in [0.3, 0.4) is 0 Å². The van der Waals surface area contributed by atoms with Crippen molar-refractivity contribution in [2.45, 2.75) is 0 Å². The molecule has 0 aliphatic rings. The van der Waals surface area contributed by atoms with Crippen LogP contribution in [0.4, 0.5) is 0 Å². The van der Waals surface area contributed by atoms with E-state index in [2.05, 4.69) is 0 Å². The van der Waals surface area contributed by atoms with Crippen LogP contribution in [0, 0.1) is 0 Å². The van der Waals surface area contributed by atoms with Crippen LogP contribution in [0.1, 0.15) is 15.9 Å². The highest BCUT2D eigenvalue weighted by Gasteiger charge is 2.08. The summed E-state index contributed by atoms with van der Waals surface area (Å²) in [6.07, 6.45) is 2.08. The second-order valence-electron chi connectivity index (χ2n) is 2.71. The SMILES string of the molecule is O=C(O)C=Cc1ccc(Cl)cc1C(=O)O. The Morgan fingerprint density at radius 2 is 1.93 bits per heavy atom. The van der Waals surface area contributed by atoms with E-state index in [0.29, 0.717) is 10.6 Å². The van der Waals surface area contributed by atoms with Crippen molar-refractivity contribution in [3.63, 3.8) is 0 Å². The maximum Gasteiger partial charge on any atom is 0.336 e. The lowest BCUT2D eigenvalue weighted by atomic mass is 10.1. The average molecular weight is 227 g/mol. The molecule has 0 amide bonds. The Balaban J connectivity index is 3.17. The van der Waals surface area contributed by atoms with E-state index in [9.17, 15) is 9.59 Å². The molecule has 0 unspecified atom stereocenters. The minimum absolute atomic E-state index is 0.0278. The first-order valence-corrected chi connectivity index (χ1v) is 4.32. The first-order chi connectivity index (χ1) is 7.00. The highest BCUT2D eigenvalue weighted by molar-refractivity contribution is 6.31. The minimum atomic E-state index is -1.15. The maximum absolute atomic E-state index is 10.8. The van der Waals surface area contributed by atoms with Crippen molar-refractivity contribution < 1.29 is 19.8 Å². The number of rotatable bonds is 3. The number of hydrogen-bond acceptors (Lipinski definition) is 2. The molecule has 0 saturated heterocycles. The van der Waals surface area contributed by atoms with Gasteiger partial charge >= 0.3 is 11.9 Å². The Morgan fingerprint density at radius 3 is 2.47 bits per heavy atom. The summed E-state index contributed by atoms with van der Waals surface area (Å²) in [4.78, 5) is 21.0. The largest absolute Gasteiger partial charge is 0.478 e. The smallest absolute Gasteiger partial charge is 0.336 e. The number of carboxylic acid groups (broad SMARTS) is 2. The molecule has 0 radical (unpaired) electrons. The van der Waals surface area contributed by atoms with Crippen molar-refractivity contribution in [2.24, 2.45) is 0 Å². The lowest BCUT2D eigenvalue weighted by Crippen LogP contribution is -1.99. The van der Waals surface area contributed by atoms with E-state index in [1.54, 1.807) is 0 Å². The summed E-state index contributed by atoms with van der Waals surface area (Å²) in [5, 5.41) is 17.5. The fraction of sp³-hybridized carbons (Fsp3) is 0. The topological polar surface area (TPSA) is 74.6 Å². The molecule has 0 saturated carbocycles. The van der Waals surface area contributed by atoms with Crippen molar-refractivity contribution in [2.75, 3.05) is 0 Å². The summed E-state index contributed by atoms with van der Waals surface area (Å²) in [6, 6.07) is 4.21. The van der Waals surface area contributed by atoms with Gasteiger partial charge in [-0.1, -0.05) is 17.7 Å². The number of carboxylic acids is 2. The van der Waals surface area contributed by atoms with Gasteiger partial charge in [-0.3, -0.25) is 0 Å². The molecule has 0 aliphatic carbocycles. The van der Waals surface area contributed by atoms with Crippen molar-refractivity contribution in [1.29, 1.82) is 0 Å². The highest BCUT2D eigenvalue weighted by atomic mass is 35.5. The fourth-order valence-electron chi connectivity index (χ4n) is 1.02. The van der Waals surface area contributed by atoms with E-state index in [4.69, 9.17) is 21.8 Å². The van der Waals surface area contributed by atoms with Crippen LogP contribution in [0.5, 0.6) is 0 Å². The lowest BCUT2D eigenvalue weighted by Gasteiger charge is -2.00. The second kappa shape index (κ2) is 4.61. The molecule has 1 rings (SSSR count). The monoisotopic (exact) mass is 226 g/mol. The molecule has 2 N–H and O–H groups in total. The van der Waals surface area contributed by atoms with Gasteiger partial charge in [0.2, 0.25) is 0 Å². The van der Waals surface area contributed by atoms with E-state index in [1.165, 1.54) is 24.3 Å². The van der Waals surface area contributed by atoms with Gasteiger partial charge in [-0.15, -0.1) is 0 Å². The zero-order valence-electron chi connectivity index (χ0n) is 7.48. The summed E-state index contributed by atoms with van der Waals surface area (Å²) in [7, 11) is 0. The van der Waals surface area contributed by atoms with Crippen molar-refractivity contribution >= 4 is 29.6 Å². The Bertz CT molecular complexity index is 437. The van der Waals surface area contributed by atoms with Gasteiger partial charge in [0.15, 0.2) is 0 Å². The van der Waals surface area contributed by atoms with Crippen LogP contribution < -0.4 is 0 Å². The quantitative estimate of drug-likeness (QED) is 0.775. The first-order valence-electron chi connectivity index (χ1n) is 3.94. The van der Waals surface area contributed by atoms with Gasteiger partial charge in [-0.25, -0.2) is 9.59 Å². The summed E-state index contributed by atoms with van der Waals surface area (Å²) in [5.74, 6) is -2.29. The molecule has 0 heterocycles. The number of aromatic carboxylic acids is 1. The fourth-order valence-corrected chi connectivity index (χ4v) is 1.19. The van der Waals surface area contributed by atoms with Gasteiger partial charge in [0.05, 0.1) is 5.56 Å². The van der Waals surface area contributed by atoms with Gasteiger partial charge in [-0.05, 0) is 23.8 Å². The van der Waals surface area contributed by atoms with E-state index in [-0.39, 0.29) is 5.56 Å². The van der Waals surface area contributed by atoms with Crippen LogP contribution in [0.2, 0.25) is 5.02 Å². The molecule has 1 aromatic rings. The van der Waals surface area contributed by atoms with E-state index < -0.39 is 11.9 Å². The summed E-state index contributed by atoms with van der Waals surface area (Å²) in [6.45, 7) is 0. The van der Waals surface area contributed by atoms with E-state index >= 15 is 0 Å². The standard InChI is InChI=1S/C10H7ClO4/c11-7-3-1-6(2-4-9(12)13)8(5-7)10(14)15/h1-5H,(H,12,13)(H,14,15). The Labute approximate surface area is 90.4 Å². The Hall–Kier alpha value is -1.81. The summed E-state index contributed by atoms with van der Waals surface area (Å²) < 4.78 is 0. The molecule has 0 aliphatic heterocycles. The van der Waals surface area contributed by atoms with Crippen LogP contribution in [0.25, 0.3) is 6.08 Å². The molecular weight excluding hydrogens is 220 g/mol. The molecule has 4 nitrogen and oxygen atoms in total. The number of carbonyl (C=O) groups is 2. The molecule has 5 heteroatoms. The van der Waals surface area contributed by atoms with Crippen molar-refractivity contribution in [1.82, 2.24) is 0 Å². The number of benzene rings is 1. The Kier molecular flexibility index (Phi) is 3.46. The van der Waals surface area contributed by atoms with Crippen LogP contribution in [-0.2, 0) is 4.79 Å². The molecule has 78 valence electrons. The third-order valence-electron chi connectivity index (χ3n) is 1.65. The van der Waals surface area contributed by atoms with Gasteiger partial charge < -0.3 is 10.2 Å².